The molecule has 1 fully saturated rings. The first-order chi connectivity index (χ1) is 8.41. The topological polar surface area (TPSA) is 78.4 Å². The van der Waals surface area contributed by atoms with E-state index in [1.807, 2.05) is 0 Å². The van der Waals surface area contributed by atoms with Gasteiger partial charge in [-0.05, 0) is 33.2 Å². The third-order valence-electron chi connectivity index (χ3n) is 3.18. The summed E-state index contributed by atoms with van der Waals surface area (Å²) >= 11 is 0. The van der Waals surface area contributed by atoms with Gasteiger partial charge in [0.15, 0.2) is 0 Å². The van der Waals surface area contributed by atoms with Crippen LogP contribution >= 0.6 is 0 Å². The molecule has 104 valence electrons. The van der Waals surface area contributed by atoms with Crippen molar-refractivity contribution in [3.8, 4) is 0 Å². The number of rotatable bonds is 4. The molecule has 1 aliphatic rings. The van der Waals surface area contributed by atoms with Gasteiger partial charge in [0.1, 0.15) is 0 Å². The third-order valence-corrected chi connectivity index (χ3v) is 3.18. The minimum Gasteiger partial charge on any atom is -0.481 e. The highest BCUT2D eigenvalue weighted by Crippen LogP contribution is 2.12. The Bertz CT molecular complexity index is 295. The number of hydrogen-bond donors (Lipinski definition) is 3. The zero-order chi connectivity index (χ0) is 13.6. The smallest absolute Gasteiger partial charge is 0.305 e. The number of carbonyl (C=O) groups is 2. The second-order valence-corrected chi connectivity index (χ2v) is 5.65. The molecule has 0 radical (unpaired) electrons. The average Bonchev–Trinajstić information content (AvgIpc) is 2.12. The molecule has 1 rings (SSSR count). The molecule has 0 aromatic carbocycles. The van der Waals surface area contributed by atoms with Crippen molar-refractivity contribution in [2.45, 2.75) is 64.0 Å². The van der Waals surface area contributed by atoms with Crippen molar-refractivity contribution in [2.24, 2.45) is 0 Å². The summed E-state index contributed by atoms with van der Waals surface area (Å²) in [4.78, 5) is 22.8. The summed E-state index contributed by atoms with van der Waals surface area (Å²) in [6.45, 7) is 4.33. The van der Waals surface area contributed by atoms with E-state index in [1.54, 1.807) is 13.8 Å². The Hall–Kier alpha value is -1.10. The molecule has 0 spiro atoms. The van der Waals surface area contributed by atoms with Gasteiger partial charge in [-0.25, -0.2) is 0 Å². The molecule has 18 heavy (non-hydrogen) atoms. The molecule has 1 amide bonds. The molecule has 1 heterocycles. The Morgan fingerprint density at radius 3 is 2.61 bits per heavy atom. The Labute approximate surface area is 108 Å². The second-order valence-electron chi connectivity index (χ2n) is 5.65. The van der Waals surface area contributed by atoms with Crippen LogP contribution in [0.4, 0.5) is 0 Å². The predicted molar refractivity (Wildman–Crippen MR) is 69.4 cm³/mol. The van der Waals surface area contributed by atoms with Crippen LogP contribution in [0, 0.1) is 0 Å². The van der Waals surface area contributed by atoms with Crippen molar-refractivity contribution in [2.75, 3.05) is 6.54 Å². The number of amides is 1. The van der Waals surface area contributed by atoms with Crippen LogP contribution in [0.2, 0.25) is 0 Å². The lowest BCUT2D eigenvalue weighted by molar-refractivity contribution is -0.138. The molecule has 1 saturated heterocycles. The van der Waals surface area contributed by atoms with Crippen LogP contribution < -0.4 is 10.6 Å². The first-order valence-corrected chi connectivity index (χ1v) is 6.68. The number of nitrogens with one attached hydrogen (secondary N) is 2. The highest BCUT2D eigenvalue weighted by molar-refractivity contribution is 5.83. The van der Waals surface area contributed by atoms with E-state index in [0.717, 1.165) is 25.8 Å². The Kier molecular flexibility index (Phi) is 5.59. The van der Waals surface area contributed by atoms with E-state index >= 15 is 0 Å². The minimum atomic E-state index is -0.897. The van der Waals surface area contributed by atoms with Crippen LogP contribution in [0.15, 0.2) is 0 Å². The third kappa shape index (κ3) is 5.49. The summed E-state index contributed by atoms with van der Waals surface area (Å²) in [5, 5.41) is 14.8. The van der Waals surface area contributed by atoms with Crippen molar-refractivity contribution in [3.05, 3.63) is 0 Å². The standard InChI is InChI=1S/C13H24N2O3/c1-13(2,9-11(16)17)15-12(18)10-7-5-3-4-6-8-14-10/h10,14H,3-9H2,1-2H3,(H,15,18)(H,16,17). The van der Waals surface area contributed by atoms with E-state index in [1.165, 1.54) is 12.8 Å². The zero-order valence-electron chi connectivity index (χ0n) is 11.3. The van der Waals surface area contributed by atoms with Gasteiger partial charge in [-0.3, -0.25) is 9.59 Å². The van der Waals surface area contributed by atoms with Gasteiger partial charge in [-0.2, -0.15) is 0 Å². The highest BCUT2D eigenvalue weighted by atomic mass is 16.4. The molecule has 0 aromatic rings. The monoisotopic (exact) mass is 256 g/mol. The van der Waals surface area contributed by atoms with Crippen molar-refractivity contribution in [3.63, 3.8) is 0 Å². The molecule has 3 N–H and O–H groups in total. The molecule has 1 atom stereocenters. The maximum absolute atomic E-state index is 12.1. The van der Waals surface area contributed by atoms with Gasteiger partial charge >= 0.3 is 5.97 Å². The average molecular weight is 256 g/mol. The van der Waals surface area contributed by atoms with E-state index in [4.69, 9.17) is 5.11 Å². The molecule has 0 saturated carbocycles. The largest absolute Gasteiger partial charge is 0.481 e. The van der Waals surface area contributed by atoms with Gasteiger partial charge in [-0.1, -0.05) is 19.3 Å². The number of hydrogen-bond acceptors (Lipinski definition) is 3. The molecule has 5 nitrogen and oxygen atoms in total. The van der Waals surface area contributed by atoms with E-state index in [-0.39, 0.29) is 18.4 Å². The zero-order valence-corrected chi connectivity index (χ0v) is 11.3. The minimum absolute atomic E-state index is 0.0640. The fraction of sp³-hybridized carbons (Fsp3) is 0.846. The van der Waals surface area contributed by atoms with Crippen molar-refractivity contribution < 1.29 is 14.7 Å². The maximum atomic E-state index is 12.1. The lowest BCUT2D eigenvalue weighted by atomic mass is 9.98. The molecule has 1 aliphatic heterocycles. The molecule has 0 aliphatic carbocycles. The van der Waals surface area contributed by atoms with Crippen LogP contribution in [0.3, 0.4) is 0 Å². The van der Waals surface area contributed by atoms with Crippen molar-refractivity contribution in [1.29, 1.82) is 0 Å². The van der Waals surface area contributed by atoms with E-state index in [0.29, 0.717) is 0 Å². The maximum Gasteiger partial charge on any atom is 0.305 e. The first kappa shape index (κ1) is 15.0. The van der Waals surface area contributed by atoms with Crippen LogP contribution in [-0.2, 0) is 9.59 Å². The number of aliphatic carboxylic acids is 1. The van der Waals surface area contributed by atoms with Gasteiger partial charge in [0, 0.05) is 5.54 Å². The fourth-order valence-corrected chi connectivity index (χ4v) is 2.27. The summed E-state index contributed by atoms with van der Waals surface area (Å²) in [6.07, 6.45) is 5.29. The van der Waals surface area contributed by atoms with Crippen LogP contribution in [0.25, 0.3) is 0 Å². The van der Waals surface area contributed by atoms with Gasteiger partial charge in [0.05, 0.1) is 12.5 Å². The van der Waals surface area contributed by atoms with Crippen LogP contribution in [0.5, 0.6) is 0 Å². The Balaban J connectivity index is 2.49. The van der Waals surface area contributed by atoms with Gasteiger partial charge < -0.3 is 15.7 Å². The molecule has 0 aromatic heterocycles. The highest BCUT2D eigenvalue weighted by Gasteiger charge is 2.27. The van der Waals surface area contributed by atoms with E-state index in [2.05, 4.69) is 10.6 Å². The van der Waals surface area contributed by atoms with Crippen molar-refractivity contribution >= 4 is 11.9 Å². The predicted octanol–water partition coefficient (Wildman–Crippen LogP) is 1.28. The molecular formula is C13H24N2O3. The second kappa shape index (κ2) is 6.73. The SMILES string of the molecule is CC(C)(CC(=O)O)NC(=O)C1CCCCCCN1. The molecule has 5 heteroatoms. The summed E-state index contributed by atoms with van der Waals surface area (Å²) in [5.74, 6) is -0.978. The quantitative estimate of drug-likeness (QED) is 0.708. The lowest BCUT2D eigenvalue weighted by Crippen LogP contribution is -2.53. The number of carboxylic acids is 1. The number of carboxylic acid groups (broad SMARTS) is 1. The number of carbonyl (C=O) groups excluding carboxylic acids is 1. The Morgan fingerprint density at radius 1 is 1.28 bits per heavy atom. The van der Waals surface area contributed by atoms with Gasteiger partial charge in [0.25, 0.3) is 0 Å². The van der Waals surface area contributed by atoms with Gasteiger partial charge in [-0.15, -0.1) is 0 Å². The van der Waals surface area contributed by atoms with E-state index < -0.39 is 11.5 Å². The first-order valence-electron chi connectivity index (χ1n) is 6.68. The van der Waals surface area contributed by atoms with E-state index in [9.17, 15) is 9.59 Å². The summed E-state index contributed by atoms with van der Waals surface area (Å²) in [5.41, 5.74) is -0.701. The molecular weight excluding hydrogens is 232 g/mol. The van der Waals surface area contributed by atoms with Gasteiger partial charge in [0.2, 0.25) is 5.91 Å². The van der Waals surface area contributed by atoms with Crippen molar-refractivity contribution in [1.82, 2.24) is 10.6 Å². The Morgan fingerprint density at radius 2 is 1.94 bits per heavy atom. The molecule has 0 bridgehead atoms. The fourth-order valence-electron chi connectivity index (χ4n) is 2.27. The van der Waals surface area contributed by atoms with Crippen LogP contribution in [0.1, 0.15) is 52.4 Å². The summed E-state index contributed by atoms with van der Waals surface area (Å²) in [7, 11) is 0. The normalized spacial score (nSPS) is 21.8. The summed E-state index contributed by atoms with van der Waals surface area (Å²) in [6, 6.07) is -0.182. The van der Waals surface area contributed by atoms with Crippen LogP contribution in [-0.4, -0.2) is 35.1 Å². The summed E-state index contributed by atoms with van der Waals surface area (Å²) < 4.78 is 0. The lowest BCUT2D eigenvalue weighted by Gasteiger charge is -2.28. The molecule has 1 unspecified atom stereocenters.